The van der Waals surface area contributed by atoms with Gasteiger partial charge in [-0.15, -0.1) is 0 Å². The third kappa shape index (κ3) is 3.47. The van der Waals surface area contributed by atoms with Crippen molar-refractivity contribution in [1.29, 1.82) is 0 Å². The molecule has 0 aliphatic heterocycles. The zero-order valence-electron chi connectivity index (χ0n) is 22.7. The van der Waals surface area contributed by atoms with Crippen molar-refractivity contribution in [2.24, 2.45) is 46.3 Å². The number of ketones is 1. The second kappa shape index (κ2) is 7.83. The highest BCUT2D eigenvalue weighted by atomic mass is 16.1. The predicted octanol–water partition coefficient (Wildman–Crippen LogP) is 7.99. The maximum absolute atomic E-state index is 12.7. The van der Waals surface area contributed by atoms with Gasteiger partial charge in [-0.3, -0.25) is 4.79 Å². The molecule has 0 aromatic carbocycles. The van der Waals surface area contributed by atoms with Crippen molar-refractivity contribution in [2.75, 3.05) is 0 Å². The lowest BCUT2D eigenvalue weighted by Crippen LogP contribution is -2.51. The topological polar surface area (TPSA) is 17.1 Å². The minimum Gasteiger partial charge on any atom is -0.295 e. The van der Waals surface area contributed by atoms with Gasteiger partial charge in [0.2, 0.25) is 0 Å². The summed E-state index contributed by atoms with van der Waals surface area (Å²) in [6.07, 6.45) is 12.5. The zero-order chi connectivity index (χ0) is 23.5. The van der Waals surface area contributed by atoms with E-state index in [1.54, 1.807) is 0 Å². The number of allylic oxidation sites excluding steroid dienone is 1. The van der Waals surface area contributed by atoms with E-state index in [9.17, 15) is 4.79 Å². The van der Waals surface area contributed by atoms with Crippen LogP contribution >= 0.6 is 0 Å². The first-order valence-electron chi connectivity index (χ1n) is 14.2. The third-order valence-electron chi connectivity index (χ3n) is 10.3. The van der Waals surface area contributed by atoms with Crippen LogP contribution < -0.4 is 0 Å². The molecule has 3 saturated carbocycles. The zero-order valence-corrected chi connectivity index (χ0v) is 19.7. The molecule has 29 heavy (non-hydrogen) atoms. The van der Waals surface area contributed by atoms with Crippen molar-refractivity contribution in [1.82, 2.24) is 0 Å². The molecule has 0 radical (unpaired) electrons. The van der Waals surface area contributed by atoms with Crippen molar-refractivity contribution in [3.05, 3.63) is 11.1 Å². The summed E-state index contributed by atoms with van der Waals surface area (Å²) in [7, 11) is 0. The Kier molecular flexibility index (Phi) is 4.87. The average Bonchev–Trinajstić information content (AvgIpc) is 3.04. The normalized spacial score (nSPS) is 45.2. The van der Waals surface area contributed by atoms with Crippen LogP contribution in [0.15, 0.2) is 11.1 Å². The second-order valence-electron chi connectivity index (χ2n) is 12.1. The molecular weight excluding hydrogens is 352 g/mol. The molecule has 1 heteroatoms. The fraction of sp³-hybridized carbons (Fsp3) is 0.893. The lowest BCUT2D eigenvalue weighted by Gasteiger charge is -2.59. The van der Waals surface area contributed by atoms with Crippen LogP contribution in [0.2, 0.25) is 0 Å². The number of rotatable bonds is 5. The molecule has 3 fully saturated rings. The first-order valence-corrected chi connectivity index (χ1v) is 12.7. The molecule has 164 valence electrons. The van der Waals surface area contributed by atoms with Gasteiger partial charge in [-0.05, 0) is 104 Å². The maximum Gasteiger partial charge on any atom is 0.158 e. The smallest absolute Gasteiger partial charge is 0.158 e. The molecule has 0 N–H and O–H groups in total. The van der Waals surface area contributed by atoms with E-state index in [1.807, 2.05) is 0 Å². The molecule has 0 spiro atoms. The Labute approximate surface area is 184 Å². The van der Waals surface area contributed by atoms with Gasteiger partial charge in [-0.25, -0.2) is 0 Å². The summed E-state index contributed by atoms with van der Waals surface area (Å²) in [5, 5.41) is 0. The summed E-state index contributed by atoms with van der Waals surface area (Å²) in [6, 6.07) is 0. The van der Waals surface area contributed by atoms with Crippen LogP contribution in [0.4, 0.5) is 0 Å². The Balaban J connectivity index is 1.56. The summed E-state index contributed by atoms with van der Waals surface area (Å²) in [5.41, 5.74) is 1.62. The number of Topliss-reactive ketones (excluding diaryl/α,β-unsaturated/α-hetero) is 1. The number of hydrogen-bond acceptors (Lipinski definition) is 1. The first-order chi connectivity index (χ1) is 14.9. The molecule has 4 aliphatic carbocycles. The van der Waals surface area contributed by atoms with Crippen LogP contribution in [-0.4, -0.2) is 5.78 Å². The average molecular weight is 402 g/mol. The largest absolute Gasteiger partial charge is 0.295 e. The van der Waals surface area contributed by atoms with Crippen LogP contribution in [-0.2, 0) is 4.79 Å². The van der Waals surface area contributed by atoms with Gasteiger partial charge in [0.05, 0.1) is 0 Å². The quantitative estimate of drug-likeness (QED) is 0.456. The van der Waals surface area contributed by atoms with Gasteiger partial charge < -0.3 is 0 Å². The highest BCUT2D eigenvalue weighted by molar-refractivity contribution is 5.96. The van der Waals surface area contributed by atoms with E-state index < -0.39 is 6.85 Å². The van der Waals surface area contributed by atoms with E-state index in [0.717, 1.165) is 48.5 Å². The summed E-state index contributed by atoms with van der Waals surface area (Å²) in [6.45, 7) is 9.86. The molecule has 4 rings (SSSR count). The Bertz CT molecular complexity index is 765. The summed E-state index contributed by atoms with van der Waals surface area (Å²) in [5.74, 6) is 4.41. The molecule has 0 amide bonds. The van der Waals surface area contributed by atoms with Crippen molar-refractivity contribution < 1.29 is 8.91 Å². The molecule has 0 aromatic rings. The fourth-order valence-electron chi connectivity index (χ4n) is 8.74. The lowest BCUT2D eigenvalue weighted by molar-refractivity contribution is -0.118. The third-order valence-corrected chi connectivity index (χ3v) is 10.3. The van der Waals surface area contributed by atoms with Gasteiger partial charge in [0.15, 0.2) is 5.78 Å². The van der Waals surface area contributed by atoms with Gasteiger partial charge in [-0.1, -0.05) is 59.5 Å². The minimum atomic E-state index is -2.26. The highest BCUT2D eigenvalue weighted by Gasteiger charge is 2.59. The molecule has 0 aromatic heterocycles. The number of hydrogen-bond donors (Lipinski definition) is 0. The Morgan fingerprint density at radius 3 is 2.52 bits per heavy atom. The number of fused-ring (bicyclic) bond motifs is 5. The monoisotopic (exact) mass is 401 g/mol. The lowest BCUT2D eigenvalue weighted by atomic mass is 9.46. The second-order valence-corrected chi connectivity index (χ2v) is 12.1. The van der Waals surface area contributed by atoms with E-state index in [0.29, 0.717) is 23.7 Å². The van der Waals surface area contributed by atoms with Gasteiger partial charge in [-0.2, -0.15) is 0 Å². The maximum atomic E-state index is 12.7. The van der Waals surface area contributed by atoms with Gasteiger partial charge in [0, 0.05) is 10.5 Å². The van der Waals surface area contributed by atoms with E-state index in [2.05, 4.69) is 34.6 Å². The molecule has 4 aliphatic rings. The highest BCUT2D eigenvalue weighted by Crippen LogP contribution is 2.68. The molecule has 0 unspecified atom stereocenters. The van der Waals surface area contributed by atoms with Crippen molar-refractivity contribution in [2.45, 2.75) is 112 Å². The number of carbonyl (C=O) groups is 1. The minimum absolute atomic E-state index is 0.0805. The van der Waals surface area contributed by atoms with Crippen LogP contribution in [0.5, 0.6) is 0 Å². The molecular formula is C28H46O. The van der Waals surface area contributed by atoms with E-state index in [1.165, 1.54) is 44.9 Å². The molecule has 0 heterocycles. The van der Waals surface area contributed by atoms with E-state index >= 15 is 0 Å². The molecule has 0 bridgehead atoms. The van der Waals surface area contributed by atoms with Gasteiger partial charge in [0.25, 0.3) is 0 Å². The van der Waals surface area contributed by atoms with Crippen LogP contribution in [0.1, 0.15) is 116 Å². The molecule has 0 saturated heterocycles. The SMILES string of the molecule is [2H]C([2H])([2H])C1=C2CC[C@H]3[C@@H]4CC[C@H]([C@H](C)CCCC(C)C)[C@@]4(C)CC[C@@H]3[C@@]2(C)CCC1=O. The van der Waals surface area contributed by atoms with Crippen molar-refractivity contribution >= 4 is 5.78 Å². The summed E-state index contributed by atoms with van der Waals surface area (Å²) in [4.78, 5) is 12.7. The van der Waals surface area contributed by atoms with Crippen molar-refractivity contribution in [3.63, 3.8) is 0 Å². The van der Waals surface area contributed by atoms with Crippen LogP contribution in [0, 0.1) is 46.3 Å². The van der Waals surface area contributed by atoms with Gasteiger partial charge in [0.1, 0.15) is 0 Å². The van der Waals surface area contributed by atoms with E-state index in [-0.39, 0.29) is 16.8 Å². The van der Waals surface area contributed by atoms with Gasteiger partial charge >= 0.3 is 0 Å². The summed E-state index contributed by atoms with van der Waals surface area (Å²) >= 11 is 0. The number of carbonyl (C=O) groups excluding carboxylic acids is 1. The van der Waals surface area contributed by atoms with Crippen molar-refractivity contribution in [3.8, 4) is 0 Å². The summed E-state index contributed by atoms with van der Waals surface area (Å²) < 4.78 is 24.2. The predicted molar refractivity (Wildman–Crippen MR) is 123 cm³/mol. The Morgan fingerprint density at radius 1 is 1.00 bits per heavy atom. The fourth-order valence-corrected chi connectivity index (χ4v) is 8.74. The first kappa shape index (κ1) is 18.0. The Morgan fingerprint density at radius 2 is 1.79 bits per heavy atom. The van der Waals surface area contributed by atoms with E-state index in [4.69, 9.17) is 4.11 Å². The molecule has 7 atom stereocenters. The van der Waals surface area contributed by atoms with Crippen LogP contribution in [0.3, 0.4) is 0 Å². The molecule has 1 nitrogen and oxygen atoms in total. The Hall–Kier alpha value is -0.590. The van der Waals surface area contributed by atoms with Crippen LogP contribution in [0.25, 0.3) is 0 Å². The standard InChI is InChI=1S/C28H46O/c1-18(2)8-7-9-19(3)22-12-13-24-21-10-11-23-20(4)26(29)15-17-28(23,6)25(21)14-16-27(22,24)5/h18-19,21-22,24-25H,7-17H2,1-6H3/t19-,21+,22-,24+,25+,27-,28+/m1/s1/i4D3.